The molecule has 0 radical (unpaired) electrons. The Kier molecular flexibility index (Phi) is 6.23. The Morgan fingerprint density at radius 3 is 2.37 bits per heavy atom. The number of fused-ring (bicyclic) bond motifs is 1. The topological polar surface area (TPSA) is 69.7 Å². The standard InChI is InChI=1S/C22H34O5/c1-8-14(4)20(25)26-19-9-10-21(6)12-17(24)16(13(2)3)11-18(21)22(19,7)27-15(5)23/h8,13,16,18-19H,9-12H2,1-7H3/b14-8-/t16-,18?,19-,21-,22+/m1/s1. The van der Waals surface area contributed by atoms with Crippen molar-refractivity contribution in [3.63, 3.8) is 0 Å². The number of ether oxygens (including phenoxy) is 2. The first-order valence-electron chi connectivity index (χ1n) is 10.0. The lowest BCUT2D eigenvalue weighted by Gasteiger charge is -2.57. The maximum atomic E-state index is 12.7. The van der Waals surface area contributed by atoms with Gasteiger partial charge in [-0.15, -0.1) is 0 Å². The van der Waals surface area contributed by atoms with Crippen molar-refractivity contribution in [2.24, 2.45) is 23.2 Å². The third-order valence-corrected chi connectivity index (χ3v) is 6.80. The van der Waals surface area contributed by atoms with Crippen LogP contribution >= 0.6 is 0 Å². The van der Waals surface area contributed by atoms with E-state index in [0.717, 1.165) is 6.42 Å². The molecule has 1 unspecified atom stereocenters. The molecule has 2 saturated carbocycles. The molecular formula is C22H34O5. The molecule has 0 saturated heterocycles. The first kappa shape index (κ1) is 21.6. The Bertz CT molecular complexity index is 649. The van der Waals surface area contributed by atoms with Gasteiger partial charge in [0.2, 0.25) is 0 Å². The van der Waals surface area contributed by atoms with Gasteiger partial charge in [0.15, 0.2) is 0 Å². The van der Waals surface area contributed by atoms with Crippen LogP contribution < -0.4 is 0 Å². The summed E-state index contributed by atoms with van der Waals surface area (Å²) < 4.78 is 11.7. The van der Waals surface area contributed by atoms with Crippen LogP contribution in [0, 0.1) is 23.2 Å². The van der Waals surface area contributed by atoms with Gasteiger partial charge in [0, 0.05) is 30.8 Å². The van der Waals surface area contributed by atoms with Crippen molar-refractivity contribution in [1.29, 1.82) is 0 Å². The molecule has 0 aromatic rings. The Balaban J connectivity index is 2.41. The second kappa shape index (κ2) is 7.76. The summed E-state index contributed by atoms with van der Waals surface area (Å²) in [6.45, 7) is 13.0. The maximum absolute atomic E-state index is 12.7. The van der Waals surface area contributed by atoms with Crippen LogP contribution in [-0.2, 0) is 23.9 Å². The molecule has 27 heavy (non-hydrogen) atoms. The zero-order chi connectivity index (χ0) is 20.6. The Morgan fingerprint density at radius 2 is 1.85 bits per heavy atom. The van der Waals surface area contributed by atoms with E-state index in [0.29, 0.717) is 30.6 Å². The van der Waals surface area contributed by atoms with Gasteiger partial charge in [-0.25, -0.2) is 4.79 Å². The molecule has 0 spiro atoms. The van der Waals surface area contributed by atoms with E-state index in [1.165, 1.54) is 6.92 Å². The van der Waals surface area contributed by atoms with Gasteiger partial charge in [-0.1, -0.05) is 26.8 Å². The van der Waals surface area contributed by atoms with Crippen molar-refractivity contribution in [1.82, 2.24) is 0 Å². The van der Waals surface area contributed by atoms with Gasteiger partial charge in [0.05, 0.1) is 0 Å². The molecule has 5 heteroatoms. The molecular weight excluding hydrogens is 344 g/mol. The third-order valence-electron chi connectivity index (χ3n) is 6.80. The lowest BCUT2D eigenvalue weighted by atomic mass is 9.51. The van der Waals surface area contributed by atoms with Crippen molar-refractivity contribution in [2.75, 3.05) is 0 Å². The average Bonchev–Trinajstić information content (AvgIpc) is 2.55. The van der Waals surface area contributed by atoms with Crippen LogP contribution in [-0.4, -0.2) is 29.4 Å². The van der Waals surface area contributed by atoms with Crippen LogP contribution in [0.5, 0.6) is 0 Å². The molecule has 2 fully saturated rings. The van der Waals surface area contributed by atoms with Crippen molar-refractivity contribution in [3.8, 4) is 0 Å². The zero-order valence-electron chi connectivity index (χ0n) is 17.8. The molecule has 152 valence electrons. The molecule has 0 aromatic heterocycles. The minimum atomic E-state index is -0.934. The van der Waals surface area contributed by atoms with Crippen LogP contribution in [0.4, 0.5) is 0 Å². The highest BCUT2D eigenvalue weighted by Gasteiger charge is 2.60. The molecule has 2 aliphatic rings. The Labute approximate surface area is 162 Å². The molecule has 5 nitrogen and oxygen atoms in total. The summed E-state index contributed by atoms with van der Waals surface area (Å²) in [5.41, 5.74) is -0.644. The fraction of sp³-hybridized carbons (Fsp3) is 0.773. The number of carbonyl (C=O) groups excluding carboxylic acids is 3. The van der Waals surface area contributed by atoms with E-state index in [4.69, 9.17) is 9.47 Å². The molecule has 0 aliphatic heterocycles. The van der Waals surface area contributed by atoms with Crippen LogP contribution in [0.1, 0.15) is 74.1 Å². The number of rotatable bonds is 4. The van der Waals surface area contributed by atoms with E-state index < -0.39 is 11.7 Å². The van der Waals surface area contributed by atoms with Crippen LogP contribution in [0.3, 0.4) is 0 Å². The molecule has 2 rings (SSSR count). The highest BCUT2D eigenvalue weighted by Crippen LogP contribution is 2.57. The predicted octanol–water partition coefficient (Wildman–Crippen LogP) is 4.24. The monoisotopic (exact) mass is 378 g/mol. The normalized spacial score (nSPS) is 37.0. The van der Waals surface area contributed by atoms with Gasteiger partial charge in [-0.2, -0.15) is 0 Å². The predicted molar refractivity (Wildman–Crippen MR) is 103 cm³/mol. The lowest BCUT2D eigenvalue weighted by Crippen LogP contribution is -2.62. The fourth-order valence-corrected chi connectivity index (χ4v) is 5.09. The number of carbonyl (C=O) groups is 3. The van der Waals surface area contributed by atoms with Crippen LogP contribution in [0.25, 0.3) is 0 Å². The van der Waals surface area contributed by atoms with Crippen molar-refractivity contribution >= 4 is 17.7 Å². The first-order chi connectivity index (χ1) is 12.4. The maximum Gasteiger partial charge on any atom is 0.333 e. The molecule has 0 bridgehead atoms. The van der Waals surface area contributed by atoms with Crippen LogP contribution in [0.15, 0.2) is 11.6 Å². The van der Waals surface area contributed by atoms with E-state index >= 15 is 0 Å². The summed E-state index contributed by atoms with van der Waals surface area (Å²) >= 11 is 0. The highest BCUT2D eigenvalue weighted by atomic mass is 16.6. The largest absolute Gasteiger partial charge is 0.455 e. The summed E-state index contributed by atoms with van der Waals surface area (Å²) in [6, 6.07) is 0. The summed E-state index contributed by atoms with van der Waals surface area (Å²) in [7, 11) is 0. The Hall–Kier alpha value is -1.65. The number of hydrogen-bond donors (Lipinski definition) is 0. The number of Topliss-reactive ketones (excluding diaryl/α,β-unsaturated/α-hetero) is 1. The average molecular weight is 379 g/mol. The number of hydrogen-bond acceptors (Lipinski definition) is 5. The second-order valence-corrected chi connectivity index (χ2v) is 9.12. The van der Waals surface area contributed by atoms with Crippen LogP contribution in [0.2, 0.25) is 0 Å². The van der Waals surface area contributed by atoms with E-state index in [-0.39, 0.29) is 35.1 Å². The zero-order valence-corrected chi connectivity index (χ0v) is 17.8. The van der Waals surface area contributed by atoms with E-state index in [1.54, 1.807) is 19.9 Å². The van der Waals surface area contributed by atoms with E-state index in [1.807, 2.05) is 6.92 Å². The molecule has 2 aliphatic carbocycles. The van der Waals surface area contributed by atoms with Crippen molar-refractivity contribution < 1.29 is 23.9 Å². The van der Waals surface area contributed by atoms with Crippen molar-refractivity contribution in [2.45, 2.75) is 85.9 Å². The molecule has 0 heterocycles. The summed E-state index contributed by atoms with van der Waals surface area (Å²) in [5.74, 6) is -0.313. The number of ketones is 1. The first-order valence-corrected chi connectivity index (χ1v) is 10.0. The SMILES string of the molecule is C/C=C(/C)C(=O)O[C@@H]1CC[C@]2(C)CC(=O)[C@@H](C(C)C)CC2[C@]1(C)OC(C)=O. The van der Waals surface area contributed by atoms with E-state index in [9.17, 15) is 14.4 Å². The minimum Gasteiger partial charge on any atom is -0.455 e. The highest BCUT2D eigenvalue weighted by molar-refractivity contribution is 5.88. The Morgan fingerprint density at radius 1 is 1.22 bits per heavy atom. The summed E-state index contributed by atoms with van der Waals surface area (Å²) in [6.07, 6.45) is 3.71. The van der Waals surface area contributed by atoms with E-state index in [2.05, 4.69) is 20.8 Å². The number of esters is 2. The van der Waals surface area contributed by atoms with Gasteiger partial charge in [0.1, 0.15) is 17.5 Å². The molecule has 5 atom stereocenters. The quantitative estimate of drug-likeness (QED) is 0.541. The molecule has 0 amide bonds. The second-order valence-electron chi connectivity index (χ2n) is 9.12. The van der Waals surface area contributed by atoms with Gasteiger partial charge >= 0.3 is 11.9 Å². The summed E-state index contributed by atoms with van der Waals surface area (Å²) in [4.78, 5) is 37.1. The molecule has 0 N–H and O–H groups in total. The molecule has 0 aromatic carbocycles. The lowest BCUT2D eigenvalue weighted by molar-refractivity contribution is -0.222. The van der Waals surface area contributed by atoms with Crippen molar-refractivity contribution in [3.05, 3.63) is 11.6 Å². The van der Waals surface area contributed by atoms with Gasteiger partial charge in [0.25, 0.3) is 0 Å². The van der Waals surface area contributed by atoms with Gasteiger partial charge < -0.3 is 9.47 Å². The van der Waals surface area contributed by atoms with Gasteiger partial charge in [-0.3, -0.25) is 9.59 Å². The number of allylic oxidation sites excluding steroid dienone is 1. The summed E-state index contributed by atoms with van der Waals surface area (Å²) in [5, 5.41) is 0. The van der Waals surface area contributed by atoms with Gasteiger partial charge in [-0.05, 0) is 51.4 Å². The third kappa shape index (κ3) is 4.12. The minimum absolute atomic E-state index is 0.0311. The fourth-order valence-electron chi connectivity index (χ4n) is 5.09. The smallest absolute Gasteiger partial charge is 0.333 e.